The van der Waals surface area contributed by atoms with Crippen LogP contribution >= 0.6 is 11.3 Å². The van der Waals surface area contributed by atoms with Crippen molar-refractivity contribution in [1.82, 2.24) is 5.32 Å². The van der Waals surface area contributed by atoms with E-state index in [1.54, 1.807) is 7.11 Å². The summed E-state index contributed by atoms with van der Waals surface area (Å²) in [5.74, 6) is 0.961. The molecule has 0 aliphatic rings. The topological polar surface area (TPSA) is 21.3 Å². The molecule has 1 aromatic carbocycles. The summed E-state index contributed by atoms with van der Waals surface area (Å²) in [6, 6.07) is 6.87. The molecule has 0 saturated heterocycles. The SMILES string of the molecule is CCc1ccsc1C(NC)c1cc(C)c(OC)cc1C. The number of hydrogen-bond donors (Lipinski definition) is 1. The fourth-order valence-electron chi connectivity index (χ4n) is 2.66. The van der Waals surface area contributed by atoms with Gasteiger partial charge in [-0.3, -0.25) is 0 Å². The van der Waals surface area contributed by atoms with Gasteiger partial charge in [-0.25, -0.2) is 0 Å². The molecule has 1 atom stereocenters. The van der Waals surface area contributed by atoms with Crippen molar-refractivity contribution in [1.29, 1.82) is 0 Å². The van der Waals surface area contributed by atoms with Crippen LogP contribution in [0.1, 0.15) is 40.1 Å². The van der Waals surface area contributed by atoms with Crippen LogP contribution < -0.4 is 10.1 Å². The number of thiophene rings is 1. The first-order chi connectivity index (χ1) is 9.62. The van der Waals surface area contributed by atoms with Gasteiger partial charge in [-0.1, -0.05) is 13.0 Å². The molecule has 0 saturated carbocycles. The van der Waals surface area contributed by atoms with Crippen LogP contribution in [-0.2, 0) is 6.42 Å². The van der Waals surface area contributed by atoms with Gasteiger partial charge in [0.05, 0.1) is 13.2 Å². The van der Waals surface area contributed by atoms with Gasteiger partial charge in [-0.15, -0.1) is 11.3 Å². The summed E-state index contributed by atoms with van der Waals surface area (Å²) in [4.78, 5) is 1.42. The lowest BCUT2D eigenvalue weighted by Crippen LogP contribution is -2.19. The van der Waals surface area contributed by atoms with Crippen molar-refractivity contribution in [2.24, 2.45) is 0 Å². The zero-order valence-corrected chi connectivity index (χ0v) is 13.7. The molecule has 0 spiro atoms. The van der Waals surface area contributed by atoms with Crippen molar-refractivity contribution in [2.45, 2.75) is 33.2 Å². The van der Waals surface area contributed by atoms with E-state index in [0.717, 1.165) is 12.2 Å². The van der Waals surface area contributed by atoms with E-state index in [0.29, 0.717) is 0 Å². The summed E-state index contributed by atoms with van der Waals surface area (Å²) in [7, 11) is 3.76. The van der Waals surface area contributed by atoms with Crippen molar-refractivity contribution in [3.05, 3.63) is 50.7 Å². The van der Waals surface area contributed by atoms with Crippen LogP contribution in [0.5, 0.6) is 5.75 Å². The number of methoxy groups -OCH3 is 1. The molecule has 0 amide bonds. The second-order valence-corrected chi connectivity index (χ2v) is 6.01. The van der Waals surface area contributed by atoms with Crippen LogP contribution in [0.2, 0.25) is 0 Å². The highest BCUT2D eigenvalue weighted by Gasteiger charge is 2.19. The summed E-state index contributed by atoms with van der Waals surface area (Å²) >= 11 is 1.83. The largest absolute Gasteiger partial charge is 0.496 e. The van der Waals surface area contributed by atoms with E-state index < -0.39 is 0 Å². The highest BCUT2D eigenvalue weighted by atomic mass is 32.1. The fourth-order valence-corrected chi connectivity index (χ4v) is 3.79. The second kappa shape index (κ2) is 6.42. The number of ether oxygens (including phenoxy) is 1. The minimum Gasteiger partial charge on any atom is -0.496 e. The third-order valence-electron chi connectivity index (χ3n) is 3.81. The smallest absolute Gasteiger partial charge is 0.122 e. The Morgan fingerprint density at radius 2 is 2.00 bits per heavy atom. The molecule has 0 fully saturated rings. The molecule has 1 aromatic heterocycles. The third kappa shape index (κ3) is 2.74. The molecule has 2 aromatic rings. The predicted molar refractivity (Wildman–Crippen MR) is 87.1 cm³/mol. The standard InChI is InChI=1S/C17H23NOS/c1-6-13-7-8-20-17(13)16(18-4)14-9-12(3)15(19-5)10-11(14)2/h7-10,16,18H,6H2,1-5H3. The normalized spacial score (nSPS) is 12.4. The van der Waals surface area contributed by atoms with Crippen molar-refractivity contribution in [3.63, 3.8) is 0 Å². The molecule has 1 unspecified atom stereocenters. The Morgan fingerprint density at radius 1 is 1.25 bits per heavy atom. The van der Waals surface area contributed by atoms with Gasteiger partial charge in [0.15, 0.2) is 0 Å². The van der Waals surface area contributed by atoms with E-state index in [4.69, 9.17) is 4.74 Å². The average Bonchev–Trinajstić information content (AvgIpc) is 2.91. The van der Waals surface area contributed by atoms with Gasteiger partial charge >= 0.3 is 0 Å². The molecule has 1 heterocycles. The van der Waals surface area contributed by atoms with E-state index in [1.807, 2.05) is 18.4 Å². The number of rotatable bonds is 5. The quantitative estimate of drug-likeness (QED) is 0.888. The van der Waals surface area contributed by atoms with Crippen LogP contribution in [0.3, 0.4) is 0 Å². The van der Waals surface area contributed by atoms with Crippen molar-refractivity contribution < 1.29 is 4.74 Å². The van der Waals surface area contributed by atoms with Crippen LogP contribution in [-0.4, -0.2) is 14.2 Å². The highest BCUT2D eigenvalue weighted by molar-refractivity contribution is 7.10. The third-order valence-corrected chi connectivity index (χ3v) is 4.83. The Kier molecular flexibility index (Phi) is 4.84. The van der Waals surface area contributed by atoms with Crippen LogP contribution in [0.25, 0.3) is 0 Å². The average molecular weight is 289 g/mol. The summed E-state index contributed by atoms with van der Waals surface area (Å²) in [6.45, 7) is 6.47. The Bertz CT molecular complexity index is 589. The Balaban J connectivity index is 2.50. The van der Waals surface area contributed by atoms with Crippen LogP contribution in [0.4, 0.5) is 0 Å². The maximum atomic E-state index is 5.41. The van der Waals surface area contributed by atoms with Crippen molar-refractivity contribution in [2.75, 3.05) is 14.2 Å². The predicted octanol–water partition coefficient (Wildman–Crippen LogP) is 4.24. The Morgan fingerprint density at radius 3 is 2.60 bits per heavy atom. The molecule has 2 rings (SSSR count). The number of aryl methyl sites for hydroxylation is 3. The first kappa shape index (κ1) is 15.1. The molecule has 0 aliphatic carbocycles. The monoisotopic (exact) mass is 289 g/mol. The Labute approximate surface area is 125 Å². The van der Waals surface area contributed by atoms with Gasteiger partial charge in [0.1, 0.15) is 5.75 Å². The van der Waals surface area contributed by atoms with E-state index in [2.05, 4.69) is 49.7 Å². The van der Waals surface area contributed by atoms with Gasteiger partial charge in [0.2, 0.25) is 0 Å². The molecule has 1 N–H and O–H groups in total. The fraction of sp³-hybridized carbons (Fsp3) is 0.412. The molecule has 108 valence electrons. The van der Waals surface area contributed by atoms with Crippen molar-refractivity contribution >= 4 is 11.3 Å². The Hall–Kier alpha value is -1.32. The van der Waals surface area contributed by atoms with Gasteiger partial charge < -0.3 is 10.1 Å². The van der Waals surface area contributed by atoms with Gasteiger partial charge in [0.25, 0.3) is 0 Å². The molecule has 0 aliphatic heterocycles. The molecular weight excluding hydrogens is 266 g/mol. The van der Waals surface area contributed by atoms with E-state index >= 15 is 0 Å². The van der Waals surface area contributed by atoms with E-state index in [9.17, 15) is 0 Å². The molecular formula is C17H23NOS. The lowest BCUT2D eigenvalue weighted by molar-refractivity contribution is 0.411. The summed E-state index contributed by atoms with van der Waals surface area (Å²) < 4.78 is 5.41. The summed E-state index contributed by atoms with van der Waals surface area (Å²) in [5, 5.41) is 5.66. The molecule has 0 bridgehead atoms. The van der Waals surface area contributed by atoms with E-state index in [1.165, 1.54) is 27.1 Å². The minimum atomic E-state index is 0.259. The van der Waals surface area contributed by atoms with Crippen LogP contribution in [0.15, 0.2) is 23.6 Å². The maximum Gasteiger partial charge on any atom is 0.122 e. The highest BCUT2D eigenvalue weighted by Crippen LogP contribution is 2.34. The molecule has 20 heavy (non-hydrogen) atoms. The summed E-state index contributed by atoms with van der Waals surface area (Å²) in [6.07, 6.45) is 1.07. The van der Waals surface area contributed by atoms with Gasteiger partial charge in [0, 0.05) is 4.88 Å². The zero-order valence-electron chi connectivity index (χ0n) is 12.9. The maximum absolute atomic E-state index is 5.41. The zero-order chi connectivity index (χ0) is 14.7. The lowest BCUT2D eigenvalue weighted by atomic mass is 9.95. The van der Waals surface area contributed by atoms with Gasteiger partial charge in [-0.2, -0.15) is 0 Å². The minimum absolute atomic E-state index is 0.259. The second-order valence-electron chi connectivity index (χ2n) is 5.06. The number of hydrogen-bond acceptors (Lipinski definition) is 3. The summed E-state index contributed by atoms with van der Waals surface area (Å²) in [5.41, 5.74) is 5.22. The number of benzene rings is 1. The molecule has 3 heteroatoms. The van der Waals surface area contributed by atoms with Crippen molar-refractivity contribution in [3.8, 4) is 5.75 Å². The lowest BCUT2D eigenvalue weighted by Gasteiger charge is -2.21. The molecule has 2 nitrogen and oxygen atoms in total. The number of nitrogens with one attached hydrogen (secondary N) is 1. The molecule has 0 radical (unpaired) electrons. The first-order valence-electron chi connectivity index (χ1n) is 7.01. The van der Waals surface area contributed by atoms with Crippen LogP contribution in [0, 0.1) is 13.8 Å². The first-order valence-corrected chi connectivity index (χ1v) is 7.89. The van der Waals surface area contributed by atoms with E-state index in [-0.39, 0.29) is 6.04 Å². The van der Waals surface area contributed by atoms with Gasteiger partial charge in [-0.05, 0) is 67.1 Å².